The topological polar surface area (TPSA) is 20.3 Å². The molecule has 1 amide bonds. The quantitative estimate of drug-likeness (QED) is 0.602. The van der Waals surface area contributed by atoms with E-state index in [2.05, 4.69) is 13.8 Å². The number of amides is 1. The molecule has 3 heteroatoms. The Balaban J connectivity index is 1.52. The van der Waals surface area contributed by atoms with Gasteiger partial charge in [-0.05, 0) is 79.6 Å². The number of likely N-dealkylation sites (N-methyl/N-ethyl adjacent to an activating group) is 1. The number of benzene rings is 1. The summed E-state index contributed by atoms with van der Waals surface area (Å²) >= 11 is 0. The Labute approximate surface area is 168 Å². The van der Waals surface area contributed by atoms with Crippen molar-refractivity contribution in [3.63, 3.8) is 0 Å². The van der Waals surface area contributed by atoms with Crippen molar-refractivity contribution >= 4 is 5.91 Å². The molecule has 0 bridgehead atoms. The molecule has 0 spiro atoms. The van der Waals surface area contributed by atoms with Crippen molar-refractivity contribution in [2.75, 3.05) is 7.05 Å². The third-order valence-electron chi connectivity index (χ3n) is 9.64. The van der Waals surface area contributed by atoms with Crippen molar-refractivity contribution in [2.45, 2.75) is 77.2 Å². The van der Waals surface area contributed by atoms with Crippen molar-refractivity contribution in [1.29, 1.82) is 0 Å². The van der Waals surface area contributed by atoms with E-state index in [0.29, 0.717) is 22.9 Å². The molecule has 4 aliphatic rings. The number of piperidine rings is 1. The molecule has 1 aliphatic heterocycles. The lowest BCUT2D eigenvalue weighted by atomic mass is 9.46. The molecule has 0 radical (unpaired) electrons. The van der Waals surface area contributed by atoms with E-state index < -0.39 is 0 Å². The fourth-order valence-corrected chi connectivity index (χ4v) is 8.28. The average molecular weight is 384 g/mol. The second-order valence-electron chi connectivity index (χ2n) is 10.8. The third kappa shape index (κ3) is 2.47. The highest BCUT2D eigenvalue weighted by Gasteiger charge is 2.60. The first kappa shape index (κ1) is 18.6. The summed E-state index contributed by atoms with van der Waals surface area (Å²) in [5.74, 6) is 1.89. The van der Waals surface area contributed by atoms with E-state index in [1.807, 2.05) is 24.1 Å². The van der Waals surface area contributed by atoms with Crippen molar-refractivity contribution < 1.29 is 9.18 Å². The van der Waals surface area contributed by atoms with Crippen LogP contribution in [-0.2, 0) is 4.79 Å². The average Bonchev–Trinajstić information content (AvgIpc) is 3.07. The van der Waals surface area contributed by atoms with Crippen LogP contribution in [-0.4, -0.2) is 23.9 Å². The number of carbonyl (C=O) groups excluding carboxylic acids is 1. The number of fused-ring (bicyclic) bond motifs is 5. The van der Waals surface area contributed by atoms with Crippen LogP contribution < -0.4 is 0 Å². The number of nitrogens with zero attached hydrogens (tertiary/aromatic N) is 1. The van der Waals surface area contributed by atoms with Gasteiger partial charge in [-0.25, -0.2) is 4.39 Å². The molecule has 3 aliphatic carbocycles. The van der Waals surface area contributed by atoms with E-state index in [0.717, 1.165) is 24.7 Å². The summed E-state index contributed by atoms with van der Waals surface area (Å²) in [5.41, 5.74) is 1.25. The third-order valence-corrected chi connectivity index (χ3v) is 9.64. The smallest absolute Gasteiger partial charge is 0.230 e. The number of rotatable bonds is 1. The highest BCUT2D eigenvalue weighted by molar-refractivity contribution is 5.85. The lowest BCUT2D eigenvalue weighted by Gasteiger charge is -2.62. The normalized spacial score (nSPS) is 45.4. The van der Waals surface area contributed by atoms with Crippen LogP contribution in [0.25, 0.3) is 0 Å². The first-order valence-electron chi connectivity index (χ1n) is 11.4. The van der Waals surface area contributed by atoms with E-state index in [4.69, 9.17) is 0 Å². The number of hydrogen-bond donors (Lipinski definition) is 0. The highest BCUT2D eigenvalue weighted by Crippen LogP contribution is 2.65. The molecule has 4 fully saturated rings. The molecule has 5 rings (SSSR count). The van der Waals surface area contributed by atoms with Gasteiger partial charge >= 0.3 is 0 Å². The fraction of sp³-hybridized carbons (Fsp3) is 0.720. The molecular weight excluding hydrogens is 349 g/mol. The minimum atomic E-state index is -0.330. The summed E-state index contributed by atoms with van der Waals surface area (Å²) in [6.45, 7) is 4.97. The summed E-state index contributed by atoms with van der Waals surface area (Å²) in [5, 5.41) is 0. The van der Waals surface area contributed by atoms with Gasteiger partial charge in [0.1, 0.15) is 5.82 Å². The maximum atomic E-state index is 14.6. The predicted octanol–water partition coefficient (Wildman–Crippen LogP) is 5.77. The molecular formula is C25H34FNO. The largest absolute Gasteiger partial charge is 0.342 e. The Bertz CT molecular complexity index is 793. The van der Waals surface area contributed by atoms with E-state index in [1.165, 1.54) is 44.6 Å². The van der Waals surface area contributed by atoms with Gasteiger partial charge in [0.25, 0.3) is 0 Å². The van der Waals surface area contributed by atoms with Crippen LogP contribution >= 0.6 is 0 Å². The number of likely N-dealkylation sites (tertiary alicyclic amines) is 1. The standard InChI is InChI=1S/C25H34FNO/c1-24-13-6-8-19(24)17-10-11-22-25(2,20(17)12-14-24)15-18(23(28)27(22)3)16-7-4-5-9-21(16)26/h4-5,7,9,17-20,22H,6,8,10-15H2,1-3H3/t17-,18?,19-,20-,22+,24-,25+/m0/s1. The van der Waals surface area contributed by atoms with Crippen LogP contribution in [0.3, 0.4) is 0 Å². The molecule has 1 saturated heterocycles. The molecule has 1 aromatic rings. The summed E-state index contributed by atoms with van der Waals surface area (Å²) in [4.78, 5) is 15.2. The molecule has 1 heterocycles. The summed E-state index contributed by atoms with van der Waals surface area (Å²) in [7, 11) is 1.97. The molecule has 2 nitrogen and oxygen atoms in total. The van der Waals surface area contributed by atoms with Gasteiger partial charge in [-0.3, -0.25) is 4.79 Å². The molecule has 152 valence electrons. The van der Waals surface area contributed by atoms with Gasteiger partial charge in [-0.2, -0.15) is 0 Å². The summed E-state index contributed by atoms with van der Waals surface area (Å²) in [6.07, 6.45) is 10.0. The van der Waals surface area contributed by atoms with Gasteiger partial charge in [0.05, 0.1) is 5.92 Å². The molecule has 0 N–H and O–H groups in total. The fourth-order valence-electron chi connectivity index (χ4n) is 8.28. The van der Waals surface area contributed by atoms with Gasteiger partial charge in [0.2, 0.25) is 5.91 Å². The Morgan fingerprint density at radius 2 is 1.82 bits per heavy atom. The van der Waals surface area contributed by atoms with Gasteiger partial charge < -0.3 is 4.90 Å². The Hall–Kier alpha value is -1.38. The lowest BCUT2D eigenvalue weighted by molar-refractivity contribution is -0.160. The summed E-state index contributed by atoms with van der Waals surface area (Å²) < 4.78 is 14.6. The molecule has 28 heavy (non-hydrogen) atoms. The zero-order chi connectivity index (χ0) is 19.7. The first-order valence-corrected chi connectivity index (χ1v) is 11.4. The maximum absolute atomic E-state index is 14.6. The molecule has 1 aromatic carbocycles. The SMILES string of the molecule is CN1C(=O)C(c2ccccc2F)C[C@]2(C)[C@H]3CC[C@]4(C)CCC[C@H]4[C@@H]3CC[C@@H]12. The Morgan fingerprint density at radius 1 is 1.04 bits per heavy atom. The van der Waals surface area contributed by atoms with Crippen molar-refractivity contribution in [1.82, 2.24) is 4.90 Å². The van der Waals surface area contributed by atoms with Crippen LogP contribution in [0.1, 0.15) is 76.7 Å². The van der Waals surface area contributed by atoms with Crippen LogP contribution in [0.15, 0.2) is 24.3 Å². The second-order valence-corrected chi connectivity index (χ2v) is 10.8. The molecule has 7 atom stereocenters. The Kier molecular flexibility index (Phi) is 4.20. The zero-order valence-corrected chi connectivity index (χ0v) is 17.6. The van der Waals surface area contributed by atoms with Crippen LogP contribution in [0.5, 0.6) is 0 Å². The minimum absolute atomic E-state index is 0.0996. The molecule has 3 saturated carbocycles. The predicted molar refractivity (Wildman–Crippen MR) is 109 cm³/mol. The van der Waals surface area contributed by atoms with Gasteiger partial charge in [0, 0.05) is 18.7 Å². The van der Waals surface area contributed by atoms with Crippen LogP contribution in [0.2, 0.25) is 0 Å². The van der Waals surface area contributed by atoms with Gasteiger partial charge in [-0.15, -0.1) is 0 Å². The van der Waals surface area contributed by atoms with E-state index in [1.54, 1.807) is 6.07 Å². The minimum Gasteiger partial charge on any atom is -0.342 e. The van der Waals surface area contributed by atoms with Gasteiger partial charge in [-0.1, -0.05) is 38.5 Å². The second kappa shape index (κ2) is 6.31. The van der Waals surface area contributed by atoms with Crippen LogP contribution in [0.4, 0.5) is 4.39 Å². The molecule has 1 unspecified atom stereocenters. The summed E-state index contributed by atoms with van der Waals surface area (Å²) in [6, 6.07) is 7.23. The first-order chi connectivity index (χ1) is 13.3. The number of carbonyl (C=O) groups is 1. The van der Waals surface area contributed by atoms with Crippen molar-refractivity contribution in [3.05, 3.63) is 35.6 Å². The number of halogens is 1. The maximum Gasteiger partial charge on any atom is 0.230 e. The van der Waals surface area contributed by atoms with Crippen LogP contribution in [0, 0.1) is 34.4 Å². The Morgan fingerprint density at radius 3 is 2.61 bits per heavy atom. The van der Waals surface area contributed by atoms with E-state index >= 15 is 0 Å². The number of hydrogen-bond acceptors (Lipinski definition) is 1. The van der Waals surface area contributed by atoms with Gasteiger partial charge in [0.15, 0.2) is 0 Å². The van der Waals surface area contributed by atoms with E-state index in [-0.39, 0.29) is 23.1 Å². The zero-order valence-electron chi connectivity index (χ0n) is 17.6. The highest BCUT2D eigenvalue weighted by atomic mass is 19.1. The van der Waals surface area contributed by atoms with Crippen molar-refractivity contribution in [2.24, 2.45) is 28.6 Å². The monoisotopic (exact) mass is 383 g/mol. The van der Waals surface area contributed by atoms with Crippen molar-refractivity contribution in [3.8, 4) is 0 Å². The van der Waals surface area contributed by atoms with E-state index in [9.17, 15) is 9.18 Å². The lowest BCUT2D eigenvalue weighted by Crippen LogP contribution is -2.62. The molecule has 0 aromatic heterocycles.